The van der Waals surface area contributed by atoms with Gasteiger partial charge in [-0.1, -0.05) is 0 Å². The Hall–Kier alpha value is -0.720. The van der Waals surface area contributed by atoms with Crippen LogP contribution in [0, 0.1) is 0 Å². The summed E-state index contributed by atoms with van der Waals surface area (Å²) < 4.78 is 27.2. The molecule has 1 aromatic carbocycles. The van der Waals surface area contributed by atoms with Crippen LogP contribution in [0.3, 0.4) is 0 Å². The van der Waals surface area contributed by atoms with Crippen molar-refractivity contribution in [2.75, 3.05) is 13.4 Å². The Morgan fingerprint density at radius 2 is 1.81 bits per heavy atom. The second kappa shape index (κ2) is 5.07. The van der Waals surface area contributed by atoms with Crippen molar-refractivity contribution >= 4 is 31.6 Å². The first-order valence-corrected chi connectivity index (χ1v) is 7.18. The molecule has 1 atom stereocenters. The third-order valence-electron chi connectivity index (χ3n) is 1.98. The maximum absolute atomic E-state index is 11.6. The van der Waals surface area contributed by atoms with E-state index in [-0.39, 0.29) is 10.7 Å². The van der Waals surface area contributed by atoms with Crippen molar-refractivity contribution in [2.45, 2.75) is 9.91 Å². The lowest BCUT2D eigenvalue weighted by Crippen LogP contribution is -2.15. The minimum atomic E-state index is -3.23. The normalized spacial score (nSPS) is 13.4. The molecule has 0 fully saturated rings. The number of hydrogen-bond acceptors (Lipinski definition) is 4. The van der Waals surface area contributed by atoms with Crippen molar-refractivity contribution < 1.29 is 17.9 Å². The number of alkyl halides is 1. The summed E-state index contributed by atoms with van der Waals surface area (Å²) in [6, 6.07) is 5.73. The number of carbonyl (C=O) groups excluding carboxylic acids is 1. The van der Waals surface area contributed by atoms with Gasteiger partial charge in [-0.2, -0.15) is 0 Å². The SMILES string of the molecule is COC(Br)C(=O)c1ccc(S(C)(=O)=O)cc1. The van der Waals surface area contributed by atoms with E-state index in [1.807, 2.05) is 0 Å². The molecule has 1 rings (SSSR count). The third-order valence-corrected chi connectivity index (χ3v) is 3.90. The number of methoxy groups -OCH3 is 1. The molecule has 0 N–H and O–H groups in total. The predicted octanol–water partition coefficient (Wildman–Crippen LogP) is 1.64. The van der Waals surface area contributed by atoms with Crippen LogP contribution in [0.4, 0.5) is 0 Å². The van der Waals surface area contributed by atoms with E-state index in [2.05, 4.69) is 15.9 Å². The predicted molar refractivity (Wildman–Crippen MR) is 63.6 cm³/mol. The van der Waals surface area contributed by atoms with Gasteiger partial charge in [0.2, 0.25) is 5.78 Å². The van der Waals surface area contributed by atoms with Gasteiger partial charge in [0, 0.05) is 18.9 Å². The fourth-order valence-electron chi connectivity index (χ4n) is 1.10. The Kier molecular flexibility index (Phi) is 4.23. The molecular weight excluding hydrogens is 296 g/mol. The number of sulfone groups is 1. The third kappa shape index (κ3) is 3.13. The molecular formula is C10H11BrO4S. The monoisotopic (exact) mass is 306 g/mol. The highest BCUT2D eigenvalue weighted by atomic mass is 79.9. The van der Waals surface area contributed by atoms with E-state index in [9.17, 15) is 13.2 Å². The maximum atomic E-state index is 11.6. The van der Waals surface area contributed by atoms with Crippen LogP contribution in [0.2, 0.25) is 0 Å². The zero-order valence-electron chi connectivity index (χ0n) is 8.81. The van der Waals surface area contributed by atoms with E-state index >= 15 is 0 Å². The summed E-state index contributed by atoms with van der Waals surface area (Å²) in [5.41, 5.74) is 0.399. The first kappa shape index (κ1) is 13.3. The molecule has 4 nitrogen and oxygen atoms in total. The molecule has 0 heterocycles. The first-order valence-electron chi connectivity index (χ1n) is 4.37. The highest BCUT2D eigenvalue weighted by molar-refractivity contribution is 9.09. The fraction of sp³-hybridized carbons (Fsp3) is 0.300. The number of halogens is 1. The summed E-state index contributed by atoms with van der Waals surface area (Å²) in [5.74, 6) is -0.248. The molecule has 0 aromatic heterocycles. The van der Waals surface area contributed by atoms with Crippen molar-refractivity contribution in [3.63, 3.8) is 0 Å². The van der Waals surface area contributed by atoms with E-state index in [1.165, 1.54) is 31.4 Å². The number of rotatable bonds is 4. The molecule has 0 saturated carbocycles. The van der Waals surface area contributed by atoms with E-state index in [0.29, 0.717) is 5.56 Å². The van der Waals surface area contributed by atoms with Gasteiger partial charge in [-0.05, 0) is 40.2 Å². The van der Waals surface area contributed by atoms with Crippen LogP contribution in [0.1, 0.15) is 10.4 Å². The molecule has 0 saturated heterocycles. The van der Waals surface area contributed by atoms with Gasteiger partial charge in [0.05, 0.1) is 4.90 Å². The van der Waals surface area contributed by atoms with Crippen LogP contribution < -0.4 is 0 Å². The number of carbonyl (C=O) groups is 1. The van der Waals surface area contributed by atoms with E-state index in [4.69, 9.17) is 4.74 Å². The number of ether oxygens (including phenoxy) is 1. The molecule has 0 spiro atoms. The van der Waals surface area contributed by atoms with Gasteiger partial charge in [0.1, 0.15) is 0 Å². The Labute approximate surface area is 103 Å². The number of benzene rings is 1. The summed E-state index contributed by atoms with van der Waals surface area (Å²) in [5, 5.41) is -0.711. The molecule has 88 valence electrons. The van der Waals surface area contributed by atoms with Crippen molar-refractivity contribution in [3.8, 4) is 0 Å². The molecule has 1 aromatic rings. The second-order valence-corrected chi connectivity index (χ2v) is 6.06. The Bertz CT molecular complexity index is 478. The molecule has 0 radical (unpaired) electrons. The highest BCUT2D eigenvalue weighted by Crippen LogP contribution is 2.14. The highest BCUT2D eigenvalue weighted by Gasteiger charge is 2.16. The van der Waals surface area contributed by atoms with Crippen LogP contribution in [0.25, 0.3) is 0 Å². The number of ketones is 1. The lowest BCUT2D eigenvalue weighted by atomic mass is 10.1. The van der Waals surface area contributed by atoms with Crippen LogP contribution in [-0.2, 0) is 14.6 Å². The average molecular weight is 307 g/mol. The topological polar surface area (TPSA) is 60.4 Å². The molecule has 0 bridgehead atoms. The second-order valence-electron chi connectivity index (χ2n) is 3.21. The summed E-state index contributed by atoms with van der Waals surface area (Å²) in [6.45, 7) is 0. The summed E-state index contributed by atoms with van der Waals surface area (Å²) in [6.07, 6.45) is 1.12. The van der Waals surface area contributed by atoms with E-state index in [1.54, 1.807) is 0 Å². The van der Waals surface area contributed by atoms with Crippen LogP contribution >= 0.6 is 15.9 Å². The minimum Gasteiger partial charge on any atom is -0.362 e. The molecule has 16 heavy (non-hydrogen) atoms. The van der Waals surface area contributed by atoms with Crippen LogP contribution in [-0.4, -0.2) is 32.6 Å². The zero-order chi connectivity index (χ0) is 12.3. The molecule has 0 amide bonds. The summed E-state index contributed by atoms with van der Waals surface area (Å²) >= 11 is 3.05. The largest absolute Gasteiger partial charge is 0.362 e. The molecule has 0 aliphatic carbocycles. The van der Waals surface area contributed by atoms with Gasteiger partial charge in [0.15, 0.2) is 14.9 Å². The van der Waals surface area contributed by atoms with Gasteiger partial charge in [-0.3, -0.25) is 4.79 Å². The average Bonchev–Trinajstić information content (AvgIpc) is 2.26. The smallest absolute Gasteiger partial charge is 0.202 e. The standard InChI is InChI=1S/C10H11BrO4S/c1-15-10(11)9(12)7-3-5-8(6-4-7)16(2,13)14/h3-6,10H,1-2H3. The number of Topliss-reactive ketones (excluding diaryl/α,β-unsaturated/α-hetero) is 1. The fourth-order valence-corrected chi connectivity index (χ4v) is 2.00. The van der Waals surface area contributed by atoms with Crippen molar-refractivity contribution in [3.05, 3.63) is 29.8 Å². The lowest BCUT2D eigenvalue weighted by molar-refractivity contribution is 0.0805. The van der Waals surface area contributed by atoms with Gasteiger partial charge >= 0.3 is 0 Å². The Balaban J connectivity index is 3.00. The first-order chi connectivity index (χ1) is 7.36. The maximum Gasteiger partial charge on any atom is 0.202 e. The lowest BCUT2D eigenvalue weighted by Gasteiger charge is -2.06. The van der Waals surface area contributed by atoms with Crippen molar-refractivity contribution in [1.82, 2.24) is 0 Å². The van der Waals surface area contributed by atoms with Gasteiger partial charge in [0.25, 0.3) is 0 Å². The Morgan fingerprint density at radius 1 is 1.31 bits per heavy atom. The van der Waals surface area contributed by atoms with Crippen molar-refractivity contribution in [1.29, 1.82) is 0 Å². The minimum absolute atomic E-state index is 0.188. The van der Waals surface area contributed by atoms with Crippen LogP contribution in [0.15, 0.2) is 29.2 Å². The van der Waals surface area contributed by atoms with Crippen molar-refractivity contribution in [2.24, 2.45) is 0 Å². The molecule has 1 unspecified atom stereocenters. The van der Waals surface area contributed by atoms with E-state index in [0.717, 1.165) is 6.26 Å². The summed E-state index contributed by atoms with van der Waals surface area (Å²) in [7, 11) is -1.82. The van der Waals surface area contributed by atoms with Gasteiger partial charge < -0.3 is 4.74 Å². The summed E-state index contributed by atoms with van der Waals surface area (Å²) in [4.78, 5) is 11.8. The van der Waals surface area contributed by atoms with Gasteiger partial charge in [-0.25, -0.2) is 8.42 Å². The Morgan fingerprint density at radius 3 is 2.19 bits per heavy atom. The zero-order valence-corrected chi connectivity index (χ0v) is 11.2. The van der Waals surface area contributed by atoms with E-state index < -0.39 is 14.9 Å². The molecule has 0 aliphatic heterocycles. The number of hydrogen-bond donors (Lipinski definition) is 0. The molecule has 0 aliphatic rings. The molecule has 6 heteroatoms. The van der Waals surface area contributed by atoms with Gasteiger partial charge in [-0.15, -0.1) is 0 Å². The quantitative estimate of drug-likeness (QED) is 0.627. The van der Waals surface area contributed by atoms with Crippen LogP contribution in [0.5, 0.6) is 0 Å².